The number of amides is 1. The second-order valence-corrected chi connectivity index (χ2v) is 8.06. The van der Waals surface area contributed by atoms with E-state index in [4.69, 9.17) is 9.57 Å². The Morgan fingerprint density at radius 3 is 2.57 bits per heavy atom. The molecule has 2 aliphatic heterocycles. The molecule has 2 aromatic carbocycles. The maximum atomic E-state index is 13.2. The summed E-state index contributed by atoms with van der Waals surface area (Å²) >= 11 is 0. The monoisotopic (exact) mass is 410 g/mol. The van der Waals surface area contributed by atoms with Gasteiger partial charge in [-0.15, -0.1) is 0 Å². The fraction of sp³-hybridized carbons (Fsp3) is 0.417. The fourth-order valence-corrected chi connectivity index (χ4v) is 4.22. The molecule has 1 saturated heterocycles. The van der Waals surface area contributed by atoms with Gasteiger partial charge in [-0.2, -0.15) is 0 Å². The minimum Gasteiger partial charge on any atom is -0.392 e. The maximum Gasteiger partial charge on any atom is 0.226 e. The van der Waals surface area contributed by atoms with Crippen molar-refractivity contribution >= 4 is 11.6 Å². The highest BCUT2D eigenvalue weighted by molar-refractivity contribution is 6.01. The Balaban J connectivity index is 1.35. The Bertz CT molecular complexity index is 877. The van der Waals surface area contributed by atoms with Crippen LogP contribution in [-0.2, 0) is 20.8 Å². The summed E-state index contributed by atoms with van der Waals surface area (Å²) in [6.45, 7) is 1.67. The van der Waals surface area contributed by atoms with Crippen molar-refractivity contribution in [3.63, 3.8) is 0 Å². The Kier molecular flexibility index (Phi) is 6.43. The molecule has 0 spiro atoms. The van der Waals surface area contributed by atoms with Gasteiger partial charge in [0.15, 0.2) is 0 Å². The van der Waals surface area contributed by atoms with Crippen LogP contribution in [-0.4, -0.2) is 37.5 Å². The molecule has 0 aliphatic carbocycles. The van der Waals surface area contributed by atoms with E-state index >= 15 is 0 Å². The molecule has 2 aromatic rings. The molecule has 1 fully saturated rings. The van der Waals surface area contributed by atoms with E-state index in [0.29, 0.717) is 51.9 Å². The zero-order valence-electron chi connectivity index (χ0n) is 17.0. The van der Waals surface area contributed by atoms with Crippen molar-refractivity contribution in [2.45, 2.75) is 38.2 Å². The molecular formula is C24H27FN2O3. The minimum absolute atomic E-state index is 0.0460. The van der Waals surface area contributed by atoms with Crippen molar-refractivity contribution in [2.75, 3.05) is 19.8 Å². The summed E-state index contributed by atoms with van der Waals surface area (Å²) in [5.41, 5.74) is 2.48. The molecule has 2 heterocycles. The number of halogens is 1. The van der Waals surface area contributed by atoms with Crippen molar-refractivity contribution in [1.82, 2.24) is 5.32 Å². The predicted molar refractivity (Wildman–Crippen MR) is 113 cm³/mol. The van der Waals surface area contributed by atoms with Gasteiger partial charge in [-0.05, 0) is 42.5 Å². The van der Waals surface area contributed by atoms with Crippen molar-refractivity contribution < 1.29 is 18.8 Å². The quantitative estimate of drug-likeness (QED) is 0.754. The summed E-state index contributed by atoms with van der Waals surface area (Å²) in [6, 6.07) is 16.4. The Morgan fingerprint density at radius 1 is 1.10 bits per heavy atom. The number of nitrogens with zero attached hydrogens (tertiary/aromatic N) is 1. The molecule has 2 aliphatic rings. The van der Waals surface area contributed by atoms with Gasteiger partial charge in [0, 0.05) is 32.6 Å². The molecule has 0 radical (unpaired) electrons. The van der Waals surface area contributed by atoms with E-state index in [-0.39, 0.29) is 17.8 Å². The second-order valence-electron chi connectivity index (χ2n) is 8.06. The molecule has 1 amide bonds. The summed E-state index contributed by atoms with van der Waals surface area (Å²) < 4.78 is 18.6. The highest BCUT2D eigenvalue weighted by Gasteiger charge is 2.43. The molecule has 0 saturated carbocycles. The maximum absolute atomic E-state index is 13.2. The summed E-state index contributed by atoms with van der Waals surface area (Å²) in [7, 11) is 0. The van der Waals surface area contributed by atoms with Crippen molar-refractivity contribution in [3.8, 4) is 0 Å². The number of oxime groups is 1. The van der Waals surface area contributed by atoms with E-state index < -0.39 is 5.41 Å². The normalized spacial score (nSPS) is 20.3. The molecule has 1 unspecified atom stereocenters. The largest absolute Gasteiger partial charge is 0.392 e. The van der Waals surface area contributed by atoms with Crippen molar-refractivity contribution in [3.05, 3.63) is 71.5 Å². The molecule has 1 N–H and O–H groups in total. The highest BCUT2D eigenvalue weighted by Crippen LogP contribution is 2.38. The Morgan fingerprint density at radius 2 is 1.83 bits per heavy atom. The number of rotatable bonds is 7. The first-order chi connectivity index (χ1) is 14.6. The molecule has 0 bridgehead atoms. The summed E-state index contributed by atoms with van der Waals surface area (Å²) in [5, 5.41) is 7.37. The topological polar surface area (TPSA) is 59.9 Å². The van der Waals surface area contributed by atoms with Crippen LogP contribution >= 0.6 is 0 Å². The van der Waals surface area contributed by atoms with Gasteiger partial charge in [0.25, 0.3) is 0 Å². The van der Waals surface area contributed by atoms with Crippen LogP contribution in [0.4, 0.5) is 4.39 Å². The van der Waals surface area contributed by atoms with Gasteiger partial charge >= 0.3 is 0 Å². The van der Waals surface area contributed by atoms with Crippen LogP contribution < -0.4 is 5.32 Å². The average molecular weight is 410 g/mol. The number of carbonyl (C=O) groups is 1. The highest BCUT2D eigenvalue weighted by atomic mass is 19.1. The first-order valence-corrected chi connectivity index (χ1v) is 10.5. The van der Waals surface area contributed by atoms with E-state index in [1.807, 2.05) is 30.3 Å². The van der Waals surface area contributed by atoms with Crippen molar-refractivity contribution in [1.29, 1.82) is 0 Å². The van der Waals surface area contributed by atoms with Crippen LogP contribution in [0.15, 0.2) is 59.8 Å². The number of ether oxygens (including phenoxy) is 1. The lowest BCUT2D eigenvalue weighted by Gasteiger charge is -2.37. The SMILES string of the molecule is O=C(NCCc1ccc(F)cc1)C1(CC2CC(c3ccccc3)=NO2)CCOCC1. The van der Waals surface area contributed by atoms with Crippen LogP contribution in [0.3, 0.4) is 0 Å². The van der Waals surface area contributed by atoms with E-state index in [1.54, 1.807) is 12.1 Å². The standard InChI is InChI=1S/C24H27FN2O3/c25-20-8-6-18(7-9-20)10-13-26-23(28)24(11-14-29-15-12-24)17-21-16-22(27-30-21)19-4-2-1-3-5-19/h1-9,21H,10-17H2,(H,26,28). The molecular weight excluding hydrogens is 383 g/mol. The van der Waals surface area contributed by atoms with Crippen LogP contribution in [0.5, 0.6) is 0 Å². The summed E-state index contributed by atoms with van der Waals surface area (Å²) in [4.78, 5) is 18.9. The molecule has 5 nitrogen and oxygen atoms in total. The number of hydrogen-bond acceptors (Lipinski definition) is 4. The van der Waals surface area contributed by atoms with E-state index in [9.17, 15) is 9.18 Å². The van der Waals surface area contributed by atoms with E-state index in [0.717, 1.165) is 16.8 Å². The third-order valence-electron chi connectivity index (χ3n) is 6.00. The van der Waals surface area contributed by atoms with Gasteiger partial charge in [0.1, 0.15) is 11.9 Å². The smallest absolute Gasteiger partial charge is 0.226 e. The van der Waals surface area contributed by atoms with E-state index in [2.05, 4.69) is 10.5 Å². The van der Waals surface area contributed by atoms with Crippen LogP contribution in [0, 0.1) is 11.2 Å². The van der Waals surface area contributed by atoms with Gasteiger partial charge < -0.3 is 14.9 Å². The molecule has 1 atom stereocenters. The Hall–Kier alpha value is -2.73. The van der Waals surface area contributed by atoms with Crippen LogP contribution in [0.25, 0.3) is 0 Å². The zero-order chi connectivity index (χ0) is 20.8. The molecule has 4 rings (SSSR count). The van der Waals surface area contributed by atoms with E-state index in [1.165, 1.54) is 12.1 Å². The van der Waals surface area contributed by atoms with Gasteiger partial charge in [-0.1, -0.05) is 47.6 Å². The Labute approximate surface area is 176 Å². The number of nitrogens with one attached hydrogen (secondary N) is 1. The van der Waals surface area contributed by atoms with Crippen LogP contribution in [0.1, 0.15) is 36.8 Å². The molecule has 0 aromatic heterocycles. The van der Waals surface area contributed by atoms with Crippen molar-refractivity contribution in [2.24, 2.45) is 10.6 Å². The van der Waals surface area contributed by atoms with Gasteiger partial charge in [-0.3, -0.25) is 4.79 Å². The van der Waals surface area contributed by atoms with Gasteiger partial charge in [-0.25, -0.2) is 4.39 Å². The first-order valence-electron chi connectivity index (χ1n) is 10.5. The predicted octanol–water partition coefficient (Wildman–Crippen LogP) is 3.86. The van der Waals surface area contributed by atoms with Gasteiger partial charge in [0.05, 0.1) is 11.1 Å². The number of benzene rings is 2. The lowest BCUT2D eigenvalue weighted by atomic mass is 9.74. The van der Waals surface area contributed by atoms with Gasteiger partial charge in [0.2, 0.25) is 5.91 Å². The second kappa shape index (κ2) is 9.39. The van der Waals surface area contributed by atoms with Crippen LogP contribution in [0.2, 0.25) is 0 Å². The lowest BCUT2D eigenvalue weighted by Crippen LogP contribution is -2.47. The third-order valence-corrected chi connectivity index (χ3v) is 6.00. The molecule has 158 valence electrons. The lowest BCUT2D eigenvalue weighted by molar-refractivity contribution is -0.140. The summed E-state index contributed by atoms with van der Waals surface area (Å²) in [5.74, 6) is -0.206. The summed E-state index contributed by atoms with van der Waals surface area (Å²) in [6.07, 6.45) is 3.24. The first kappa shape index (κ1) is 20.5. The number of hydrogen-bond donors (Lipinski definition) is 1. The average Bonchev–Trinajstić information content (AvgIpc) is 3.24. The molecule has 30 heavy (non-hydrogen) atoms. The minimum atomic E-state index is -0.507. The zero-order valence-corrected chi connectivity index (χ0v) is 17.0. The number of carbonyl (C=O) groups excluding carboxylic acids is 1. The fourth-order valence-electron chi connectivity index (χ4n) is 4.22. The molecule has 6 heteroatoms. The third kappa shape index (κ3) is 4.87.